The van der Waals surface area contributed by atoms with Crippen LogP contribution in [-0.4, -0.2) is 23.4 Å². The van der Waals surface area contributed by atoms with E-state index in [1.54, 1.807) is 13.8 Å². The zero-order valence-corrected chi connectivity index (χ0v) is 5.86. The van der Waals surface area contributed by atoms with Gasteiger partial charge in [-0.2, -0.15) is 0 Å². The van der Waals surface area contributed by atoms with Crippen molar-refractivity contribution >= 4 is 0 Å². The minimum atomic E-state index is -0.790. The van der Waals surface area contributed by atoms with Gasteiger partial charge in [0.1, 0.15) is 11.7 Å². The molecule has 0 aromatic carbocycles. The van der Waals surface area contributed by atoms with Gasteiger partial charge in [-0.3, -0.25) is 0 Å². The van der Waals surface area contributed by atoms with Crippen LogP contribution < -0.4 is 0 Å². The van der Waals surface area contributed by atoms with Gasteiger partial charge >= 0.3 is 0 Å². The second kappa shape index (κ2) is 2.09. The molecule has 0 radical (unpaired) electrons. The van der Waals surface area contributed by atoms with Gasteiger partial charge < -0.3 is 9.57 Å². The smallest absolute Gasteiger partial charge is 0.295 e. The first-order chi connectivity index (χ1) is 4.52. The Bertz CT molecular complexity index is 152. The first-order valence-electron chi connectivity index (χ1n) is 2.97. The quantitative estimate of drug-likeness (QED) is 0.328. The van der Waals surface area contributed by atoms with Gasteiger partial charge in [0.15, 0.2) is 0 Å². The lowest BCUT2D eigenvalue weighted by molar-refractivity contribution is -0.779. The van der Waals surface area contributed by atoms with Crippen molar-refractivity contribution in [1.82, 2.24) is 0 Å². The van der Waals surface area contributed by atoms with Gasteiger partial charge in [0.2, 0.25) is 0 Å². The van der Waals surface area contributed by atoms with Crippen LogP contribution in [0.25, 0.3) is 0 Å². The van der Waals surface area contributed by atoms with E-state index in [0.717, 1.165) is 0 Å². The molecular weight excluding hydrogens is 138 g/mol. The van der Waals surface area contributed by atoms with Crippen molar-refractivity contribution in [3.8, 4) is 0 Å². The van der Waals surface area contributed by atoms with Crippen molar-refractivity contribution in [3.05, 3.63) is 10.1 Å². The molecule has 1 saturated heterocycles. The van der Waals surface area contributed by atoms with E-state index in [1.807, 2.05) is 0 Å². The third-order valence-corrected chi connectivity index (χ3v) is 1.42. The average Bonchev–Trinajstić information content (AvgIpc) is 2.35. The topological polar surface area (TPSA) is 64.9 Å². The first kappa shape index (κ1) is 7.27. The molecule has 0 bridgehead atoms. The van der Waals surface area contributed by atoms with E-state index < -0.39 is 10.7 Å². The Morgan fingerprint density at radius 3 is 2.60 bits per heavy atom. The summed E-state index contributed by atoms with van der Waals surface area (Å²) in [6.45, 7) is 3.82. The normalized spacial score (nSPS) is 24.0. The number of ether oxygens (including phenoxy) is 1. The highest BCUT2D eigenvalue weighted by atomic mass is 17.0. The minimum Gasteiger partial charge on any atom is -0.370 e. The summed E-state index contributed by atoms with van der Waals surface area (Å²) in [7, 11) is 0. The summed E-state index contributed by atoms with van der Waals surface area (Å²) in [5, 5.41) is 9.08. The molecule has 0 amide bonds. The van der Waals surface area contributed by atoms with Crippen LogP contribution in [0.2, 0.25) is 0 Å². The number of hydrogen-bond acceptors (Lipinski definition) is 4. The van der Waals surface area contributed by atoms with Gasteiger partial charge in [0.05, 0.1) is 6.61 Å². The van der Waals surface area contributed by atoms with Crippen LogP contribution in [0.15, 0.2) is 0 Å². The van der Waals surface area contributed by atoms with Gasteiger partial charge in [-0.05, 0) is 13.8 Å². The highest BCUT2D eigenvalue weighted by molar-refractivity contribution is 4.87. The summed E-state index contributed by atoms with van der Waals surface area (Å²) >= 11 is 0. The monoisotopic (exact) mass is 147 g/mol. The molecule has 1 atom stereocenters. The number of rotatable bonds is 3. The van der Waals surface area contributed by atoms with E-state index in [4.69, 9.17) is 4.74 Å². The maximum Gasteiger partial charge on any atom is 0.295 e. The molecule has 58 valence electrons. The Morgan fingerprint density at radius 1 is 1.80 bits per heavy atom. The van der Waals surface area contributed by atoms with Crippen molar-refractivity contribution in [2.75, 3.05) is 6.61 Å². The third-order valence-electron chi connectivity index (χ3n) is 1.42. The molecule has 1 unspecified atom stereocenters. The van der Waals surface area contributed by atoms with Crippen LogP contribution in [0, 0.1) is 10.1 Å². The van der Waals surface area contributed by atoms with Crippen molar-refractivity contribution < 1.29 is 14.7 Å². The highest BCUT2D eigenvalue weighted by Crippen LogP contribution is 2.26. The second-order valence-corrected chi connectivity index (χ2v) is 2.74. The second-order valence-electron chi connectivity index (χ2n) is 2.74. The van der Waals surface area contributed by atoms with E-state index in [1.165, 1.54) is 0 Å². The van der Waals surface area contributed by atoms with Crippen molar-refractivity contribution in [1.29, 1.82) is 0 Å². The molecular formula is C5H9NO4. The molecule has 0 aromatic rings. The van der Waals surface area contributed by atoms with Crippen molar-refractivity contribution in [2.24, 2.45) is 0 Å². The standard InChI is InChI=1S/C5H9NO4/c1-5(2,4-3-9-4)10-6(7)8/h4H,3H2,1-2H3. The fraction of sp³-hybridized carbons (Fsp3) is 1.00. The predicted molar refractivity (Wildman–Crippen MR) is 31.9 cm³/mol. The molecule has 1 aliphatic rings. The van der Waals surface area contributed by atoms with Crippen molar-refractivity contribution in [2.45, 2.75) is 25.6 Å². The molecule has 1 heterocycles. The van der Waals surface area contributed by atoms with E-state index in [2.05, 4.69) is 4.84 Å². The minimum absolute atomic E-state index is 0.113. The van der Waals surface area contributed by atoms with Crippen LogP contribution in [0.1, 0.15) is 13.8 Å². The fourth-order valence-corrected chi connectivity index (χ4v) is 0.700. The van der Waals surface area contributed by atoms with E-state index in [-0.39, 0.29) is 6.10 Å². The van der Waals surface area contributed by atoms with Crippen LogP contribution in [0.5, 0.6) is 0 Å². The van der Waals surface area contributed by atoms with Crippen LogP contribution >= 0.6 is 0 Å². The molecule has 0 N–H and O–H groups in total. The molecule has 0 spiro atoms. The summed E-state index contributed by atoms with van der Waals surface area (Å²) in [6, 6.07) is 0. The van der Waals surface area contributed by atoms with E-state index in [9.17, 15) is 10.1 Å². The summed E-state index contributed by atoms with van der Waals surface area (Å²) in [5.41, 5.74) is -0.788. The van der Waals surface area contributed by atoms with Gasteiger partial charge in [-0.1, -0.05) is 0 Å². The van der Waals surface area contributed by atoms with E-state index >= 15 is 0 Å². The zero-order valence-electron chi connectivity index (χ0n) is 5.86. The molecule has 5 heteroatoms. The van der Waals surface area contributed by atoms with Gasteiger partial charge in [-0.25, -0.2) is 0 Å². The molecule has 0 aliphatic carbocycles. The predicted octanol–water partition coefficient (Wildman–Crippen LogP) is 0.372. The van der Waals surface area contributed by atoms with Crippen LogP contribution in [0.3, 0.4) is 0 Å². The Kier molecular flexibility index (Phi) is 1.52. The molecule has 0 saturated carbocycles. The number of nitrogens with zero attached hydrogens (tertiary/aromatic N) is 1. The lowest BCUT2D eigenvalue weighted by Crippen LogP contribution is -2.33. The van der Waals surface area contributed by atoms with Gasteiger partial charge in [0.25, 0.3) is 5.09 Å². The van der Waals surface area contributed by atoms with Gasteiger partial charge in [0, 0.05) is 0 Å². The molecule has 1 aliphatic heterocycles. The summed E-state index contributed by atoms with van der Waals surface area (Å²) in [4.78, 5) is 14.2. The summed E-state index contributed by atoms with van der Waals surface area (Å²) in [6.07, 6.45) is -0.113. The van der Waals surface area contributed by atoms with E-state index in [0.29, 0.717) is 6.61 Å². The number of epoxide rings is 1. The largest absolute Gasteiger partial charge is 0.370 e. The Hall–Kier alpha value is -0.840. The lowest BCUT2D eigenvalue weighted by atomic mass is 10.1. The SMILES string of the molecule is CC(C)(O[N+](=O)[O-])C1CO1. The Labute approximate surface area is 58.0 Å². The fourth-order valence-electron chi connectivity index (χ4n) is 0.700. The average molecular weight is 147 g/mol. The Balaban J connectivity index is 2.41. The van der Waals surface area contributed by atoms with Crippen LogP contribution in [0.4, 0.5) is 0 Å². The molecule has 5 nitrogen and oxygen atoms in total. The van der Waals surface area contributed by atoms with Crippen molar-refractivity contribution in [3.63, 3.8) is 0 Å². The molecule has 10 heavy (non-hydrogen) atoms. The molecule has 1 fully saturated rings. The maximum atomic E-state index is 9.87. The third kappa shape index (κ3) is 1.57. The van der Waals surface area contributed by atoms with Gasteiger partial charge in [-0.15, -0.1) is 10.1 Å². The zero-order chi connectivity index (χ0) is 7.78. The summed E-state index contributed by atoms with van der Waals surface area (Å²) < 4.78 is 4.84. The number of hydrogen-bond donors (Lipinski definition) is 0. The lowest BCUT2D eigenvalue weighted by Gasteiger charge is -2.18. The molecule has 1 rings (SSSR count). The maximum absolute atomic E-state index is 9.87. The highest BCUT2D eigenvalue weighted by Gasteiger charge is 2.42. The Morgan fingerprint density at radius 2 is 2.30 bits per heavy atom. The van der Waals surface area contributed by atoms with Crippen LogP contribution in [-0.2, 0) is 9.57 Å². The summed E-state index contributed by atoms with van der Waals surface area (Å²) in [5.74, 6) is 0. The first-order valence-corrected chi connectivity index (χ1v) is 2.97. The molecule has 0 aromatic heterocycles.